The lowest BCUT2D eigenvalue weighted by atomic mass is 9.85. The number of nitrogens with zero attached hydrogens (tertiary/aromatic N) is 1. The fourth-order valence-corrected chi connectivity index (χ4v) is 7.19. The summed E-state index contributed by atoms with van der Waals surface area (Å²) in [5.74, 6) is -0.217. The average molecular weight is 524 g/mol. The van der Waals surface area contributed by atoms with Crippen LogP contribution in [-0.4, -0.2) is 40.0 Å². The van der Waals surface area contributed by atoms with Gasteiger partial charge < -0.3 is 10.2 Å². The van der Waals surface area contributed by atoms with E-state index in [1.807, 2.05) is 24.3 Å². The van der Waals surface area contributed by atoms with Gasteiger partial charge in [0.1, 0.15) is 11.9 Å². The van der Waals surface area contributed by atoms with Crippen LogP contribution in [0.3, 0.4) is 0 Å². The Morgan fingerprint density at radius 3 is 2.65 bits per heavy atom. The smallest absolute Gasteiger partial charge is 0.241 e. The zero-order valence-electron chi connectivity index (χ0n) is 21.0. The number of hydrogen-bond acceptors (Lipinski definition) is 4. The minimum atomic E-state index is -3.92. The van der Waals surface area contributed by atoms with E-state index in [4.69, 9.17) is 0 Å². The van der Waals surface area contributed by atoms with Crippen LogP contribution in [0.5, 0.6) is 0 Å². The molecule has 3 aromatic carbocycles. The Kier molecular flexibility index (Phi) is 7.76. The summed E-state index contributed by atoms with van der Waals surface area (Å²) in [4.78, 5) is 15.7. The molecule has 1 fully saturated rings. The number of carbonyl (C=O) groups excluding carboxylic acids is 1. The summed E-state index contributed by atoms with van der Waals surface area (Å²) in [6.45, 7) is 1.73. The lowest BCUT2D eigenvalue weighted by molar-refractivity contribution is -0.123. The van der Waals surface area contributed by atoms with Gasteiger partial charge in [-0.15, -0.1) is 0 Å². The third kappa shape index (κ3) is 5.96. The maximum absolute atomic E-state index is 13.5. The first-order valence-electron chi connectivity index (χ1n) is 13.2. The maximum atomic E-state index is 13.5. The standard InChI is InChI=1S/C29H34FN3O3S/c30-24-13-14-27-23(20-24)15-17-33(27)18-16-31-29(34)26(19-21-7-2-1-3-8-21)32-37(35,36)28-12-6-10-22-9-4-5-11-25(22)28/h4-6,9-14,20-21,26,32H,1-3,7-8,15-19H2,(H,31,34). The normalized spacial score (nSPS) is 17.1. The van der Waals surface area contributed by atoms with Gasteiger partial charge in [-0.1, -0.05) is 68.5 Å². The molecule has 37 heavy (non-hydrogen) atoms. The molecule has 1 saturated carbocycles. The maximum Gasteiger partial charge on any atom is 0.241 e. The van der Waals surface area contributed by atoms with Crippen molar-refractivity contribution in [3.8, 4) is 0 Å². The van der Waals surface area contributed by atoms with Gasteiger partial charge in [0.15, 0.2) is 0 Å². The number of fused-ring (bicyclic) bond motifs is 2. The van der Waals surface area contributed by atoms with Gasteiger partial charge in [-0.3, -0.25) is 4.79 Å². The summed E-state index contributed by atoms with van der Waals surface area (Å²) in [5.41, 5.74) is 1.97. The first-order chi connectivity index (χ1) is 17.9. The highest BCUT2D eigenvalue weighted by Gasteiger charge is 2.30. The number of halogens is 1. The van der Waals surface area contributed by atoms with Crippen LogP contribution in [0.25, 0.3) is 10.8 Å². The van der Waals surface area contributed by atoms with Gasteiger partial charge in [0.25, 0.3) is 0 Å². The molecule has 2 N–H and O–H groups in total. The van der Waals surface area contributed by atoms with E-state index in [1.165, 1.54) is 12.5 Å². The van der Waals surface area contributed by atoms with Crippen molar-refractivity contribution in [1.82, 2.24) is 10.0 Å². The minimum absolute atomic E-state index is 0.188. The van der Waals surface area contributed by atoms with E-state index >= 15 is 0 Å². The van der Waals surface area contributed by atoms with Crippen LogP contribution in [0.15, 0.2) is 65.6 Å². The molecule has 196 valence electrons. The highest BCUT2D eigenvalue weighted by Crippen LogP contribution is 2.30. The molecule has 1 unspecified atom stereocenters. The summed E-state index contributed by atoms with van der Waals surface area (Å²) in [6, 6.07) is 16.5. The molecule has 8 heteroatoms. The van der Waals surface area contributed by atoms with Crippen LogP contribution in [0.1, 0.15) is 44.1 Å². The topological polar surface area (TPSA) is 78.5 Å². The van der Waals surface area contributed by atoms with Crippen molar-refractivity contribution in [2.75, 3.05) is 24.5 Å². The molecule has 1 atom stereocenters. The largest absolute Gasteiger partial charge is 0.369 e. The van der Waals surface area contributed by atoms with Crippen LogP contribution >= 0.6 is 0 Å². The van der Waals surface area contributed by atoms with Gasteiger partial charge in [-0.05, 0) is 54.0 Å². The molecule has 5 rings (SSSR count). The van der Waals surface area contributed by atoms with Crippen molar-refractivity contribution < 1.29 is 17.6 Å². The van der Waals surface area contributed by atoms with E-state index in [2.05, 4.69) is 14.9 Å². The Bertz CT molecular complexity index is 1370. The third-order valence-corrected chi connectivity index (χ3v) is 9.19. The summed E-state index contributed by atoms with van der Waals surface area (Å²) in [7, 11) is -3.92. The molecule has 0 spiro atoms. The molecule has 0 radical (unpaired) electrons. The number of hydrogen-bond donors (Lipinski definition) is 2. The number of carbonyl (C=O) groups is 1. The molecule has 3 aromatic rings. The molecule has 0 bridgehead atoms. The molecule has 1 amide bonds. The average Bonchev–Trinajstić information content (AvgIpc) is 3.30. The lowest BCUT2D eigenvalue weighted by Crippen LogP contribution is -2.49. The third-order valence-electron chi connectivity index (χ3n) is 7.66. The van der Waals surface area contributed by atoms with E-state index in [0.29, 0.717) is 30.8 Å². The molecular formula is C29H34FN3O3S. The Hall–Kier alpha value is -2.97. The van der Waals surface area contributed by atoms with Crippen molar-refractivity contribution >= 4 is 32.4 Å². The quantitative estimate of drug-likeness (QED) is 0.423. The van der Waals surface area contributed by atoms with Crippen molar-refractivity contribution in [1.29, 1.82) is 0 Å². The predicted molar refractivity (Wildman–Crippen MR) is 145 cm³/mol. The van der Waals surface area contributed by atoms with Crippen LogP contribution in [0.2, 0.25) is 0 Å². The molecule has 1 heterocycles. The SMILES string of the molecule is O=C(NCCN1CCc2cc(F)ccc21)C(CC1CCCCC1)NS(=O)(=O)c1cccc2ccccc12. The highest BCUT2D eigenvalue weighted by atomic mass is 32.2. The number of rotatable bonds is 9. The summed E-state index contributed by atoms with van der Waals surface area (Å²) in [5, 5.41) is 4.45. The predicted octanol–water partition coefficient (Wildman–Crippen LogP) is 4.78. The van der Waals surface area contributed by atoms with Gasteiger partial charge >= 0.3 is 0 Å². The van der Waals surface area contributed by atoms with Crippen molar-refractivity contribution in [3.05, 3.63) is 72.0 Å². The van der Waals surface area contributed by atoms with Gasteiger partial charge in [-0.25, -0.2) is 12.8 Å². The van der Waals surface area contributed by atoms with Crippen LogP contribution in [0, 0.1) is 11.7 Å². The van der Waals surface area contributed by atoms with E-state index in [9.17, 15) is 17.6 Å². The van der Waals surface area contributed by atoms with Crippen molar-refractivity contribution in [3.63, 3.8) is 0 Å². The summed E-state index contributed by atoms with van der Waals surface area (Å²) in [6.07, 6.45) is 6.71. The Morgan fingerprint density at radius 1 is 1.03 bits per heavy atom. The van der Waals surface area contributed by atoms with Crippen LogP contribution < -0.4 is 14.9 Å². The summed E-state index contributed by atoms with van der Waals surface area (Å²) < 4.78 is 43.3. The first kappa shape index (κ1) is 25.7. The lowest BCUT2D eigenvalue weighted by Gasteiger charge is -2.27. The zero-order valence-corrected chi connectivity index (χ0v) is 21.8. The van der Waals surface area contributed by atoms with Crippen molar-refractivity contribution in [2.45, 2.75) is 55.9 Å². The van der Waals surface area contributed by atoms with E-state index in [-0.39, 0.29) is 16.6 Å². The van der Waals surface area contributed by atoms with Crippen LogP contribution in [0.4, 0.5) is 10.1 Å². The second kappa shape index (κ2) is 11.2. The Labute approximate surface area is 218 Å². The first-order valence-corrected chi connectivity index (χ1v) is 14.7. The minimum Gasteiger partial charge on any atom is -0.369 e. The molecular weight excluding hydrogens is 489 g/mol. The second-order valence-corrected chi connectivity index (χ2v) is 11.9. The van der Waals surface area contributed by atoms with Crippen LogP contribution in [-0.2, 0) is 21.2 Å². The number of nitrogens with one attached hydrogen (secondary N) is 2. The number of sulfonamides is 1. The monoisotopic (exact) mass is 523 g/mol. The van der Waals surface area contributed by atoms with Gasteiger partial charge in [0.05, 0.1) is 4.90 Å². The number of benzene rings is 3. The second-order valence-electron chi connectivity index (χ2n) is 10.2. The highest BCUT2D eigenvalue weighted by molar-refractivity contribution is 7.89. The molecule has 1 aliphatic heterocycles. The molecule has 0 saturated heterocycles. The Balaban J connectivity index is 1.29. The fraction of sp³-hybridized carbons (Fsp3) is 0.414. The van der Waals surface area contributed by atoms with Gasteiger partial charge in [0.2, 0.25) is 15.9 Å². The van der Waals surface area contributed by atoms with Crippen molar-refractivity contribution in [2.24, 2.45) is 5.92 Å². The fourth-order valence-electron chi connectivity index (χ4n) is 5.75. The summed E-state index contributed by atoms with van der Waals surface area (Å²) >= 11 is 0. The molecule has 6 nitrogen and oxygen atoms in total. The molecule has 1 aliphatic carbocycles. The molecule has 2 aliphatic rings. The molecule has 0 aromatic heterocycles. The van der Waals surface area contributed by atoms with Gasteiger partial charge in [-0.2, -0.15) is 4.72 Å². The van der Waals surface area contributed by atoms with E-state index < -0.39 is 16.1 Å². The van der Waals surface area contributed by atoms with E-state index in [0.717, 1.165) is 55.3 Å². The Morgan fingerprint density at radius 2 is 1.81 bits per heavy atom. The van der Waals surface area contributed by atoms with Gasteiger partial charge in [0, 0.05) is 30.7 Å². The number of amides is 1. The zero-order chi connectivity index (χ0) is 25.8. The van der Waals surface area contributed by atoms with E-state index in [1.54, 1.807) is 30.3 Å². The number of anilines is 1.